The topological polar surface area (TPSA) is 83.2 Å². The third-order valence-electron chi connectivity index (χ3n) is 2.32. The van der Waals surface area contributed by atoms with Gasteiger partial charge in [0.05, 0.1) is 11.2 Å². The second-order valence-electron chi connectivity index (χ2n) is 3.50. The van der Waals surface area contributed by atoms with Crippen molar-refractivity contribution in [3.8, 4) is 17.6 Å². The van der Waals surface area contributed by atoms with Crippen molar-refractivity contribution >= 4 is 17.6 Å². The van der Waals surface area contributed by atoms with Gasteiger partial charge in [0.2, 0.25) is 0 Å². The molecule has 1 N–H and O–H groups in total. The van der Waals surface area contributed by atoms with Crippen LogP contribution in [0.15, 0.2) is 36.7 Å². The number of nitriles is 1. The van der Waals surface area contributed by atoms with E-state index < -0.39 is 5.97 Å². The number of nitrogens with zero attached hydrogens (tertiary/aromatic N) is 2. The van der Waals surface area contributed by atoms with Crippen molar-refractivity contribution in [1.29, 1.82) is 5.26 Å². The van der Waals surface area contributed by atoms with E-state index in [0.29, 0.717) is 0 Å². The Kier molecular flexibility index (Phi) is 3.64. The lowest BCUT2D eigenvalue weighted by Crippen LogP contribution is -2.01. The number of hydrogen-bond acceptors (Lipinski definition) is 4. The molecule has 94 valence electrons. The normalized spacial score (nSPS) is 9.68. The predicted octanol–water partition coefficient (Wildman–Crippen LogP) is 3.10. The number of ether oxygens (including phenoxy) is 1. The highest BCUT2D eigenvalue weighted by Gasteiger charge is 2.14. The molecule has 19 heavy (non-hydrogen) atoms. The van der Waals surface area contributed by atoms with E-state index in [4.69, 9.17) is 26.7 Å². The van der Waals surface area contributed by atoms with Crippen LogP contribution in [0.25, 0.3) is 0 Å². The van der Waals surface area contributed by atoms with Crippen LogP contribution >= 0.6 is 11.6 Å². The fraction of sp³-hybridized carbons (Fsp3) is 0. The summed E-state index contributed by atoms with van der Waals surface area (Å²) in [5, 5.41) is 18.3. The fourth-order valence-corrected chi connectivity index (χ4v) is 1.66. The maximum atomic E-state index is 11.0. The van der Waals surface area contributed by atoms with Gasteiger partial charge in [-0.3, -0.25) is 4.98 Å². The van der Waals surface area contributed by atoms with Gasteiger partial charge < -0.3 is 9.84 Å². The zero-order valence-corrected chi connectivity index (χ0v) is 10.3. The summed E-state index contributed by atoms with van der Waals surface area (Å²) in [6.07, 6.45) is 2.62. The molecule has 0 atom stereocenters. The molecule has 0 unspecified atom stereocenters. The van der Waals surface area contributed by atoms with Gasteiger partial charge in [0.25, 0.3) is 0 Å². The van der Waals surface area contributed by atoms with Crippen LogP contribution in [-0.2, 0) is 0 Å². The van der Waals surface area contributed by atoms with E-state index >= 15 is 0 Å². The smallest absolute Gasteiger partial charge is 0.339 e. The van der Waals surface area contributed by atoms with E-state index in [9.17, 15) is 4.79 Å². The van der Waals surface area contributed by atoms with Gasteiger partial charge >= 0.3 is 5.97 Å². The number of rotatable bonds is 3. The Bertz CT molecular complexity index is 680. The highest BCUT2D eigenvalue weighted by Crippen LogP contribution is 2.30. The number of benzene rings is 1. The molecule has 5 nitrogen and oxygen atoms in total. The summed E-state index contributed by atoms with van der Waals surface area (Å²) in [5.74, 6) is -0.905. The number of hydrogen-bond donors (Lipinski definition) is 1. The quantitative estimate of drug-likeness (QED) is 0.930. The van der Waals surface area contributed by atoms with E-state index in [2.05, 4.69) is 4.98 Å². The van der Waals surface area contributed by atoms with Gasteiger partial charge in [-0.05, 0) is 18.2 Å². The Morgan fingerprint density at radius 3 is 2.84 bits per heavy atom. The molecular weight excluding hydrogens is 268 g/mol. The standard InChI is InChI=1S/C13H7ClN2O3/c14-10-2-1-3-11(9(10)6-15)19-12-7-16-5-4-8(12)13(17)18/h1-5,7H,(H,17,18). The van der Waals surface area contributed by atoms with Crippen LogP contribution < -0.4 is 4.74 Å². The monoisotopic (exact) mass is 274 g/mol. The first kappa shape index (κ1) is 12.9. The highest BCUT2D eigenvalue weighted by molar-refractivity contribution is 6.31. The summed E-state index contributed by atoms with van der Waals surface area (Å²) >= 11 is 5.86. The summed E-state index contributed by atoms with van der Waals surface area (Å²) in [6, 6.07) is 7.91. The van der Waals surface area contributed by atoms with E-state index in [0.717, 1.165) is 0 Å². The zero-order chi connectivity index (χ0) is 13.8. The molecule has 0 amide bonds. The second kappa shape index (κ2) is 5.38. The minimum Gasteiger partial charge on any atom is -0.478 e. The van der Waals surface area contributed by atoms with Crippen LogP contribution in [-0.4, -0.2) is 16.1 Å². The Hall–Kier alpha value is -2.58. The lowest BCUT2D eigenvalue weighted by Gasteiger charge is -2.09. The van der Waals surface area contributed by atoms with Gasteiger partial charge in [0.15, 0.2) is 5.75 Å². The largest absolute Gasteiger partial charge is 0.478 e. The molecule has 2 aromatic rings. The third-order valence-corrected chi connectivity index (χ3v) is 2.64. The first-order valence-corrected chi connectivity index (χ1v) is 5.55. The Morgan fingerprint density at radius 2 is 2.16 bits per heavy atom. The lowest BCUT2D eigenvalue weighted by molar-refractivity contribution is 0.0694. The molecule has 6 heteroatoms. The van der Waals surface area contributed by atoms with E-state index in [1.807, 2.05) is 6.07 Å². The van der Waals surface area contributed by atoms with E-state index in [-0.39, 0.29) is 27.6 Å². The average molecular weight is 275 g/mol. The predicted molar refractivity (Wildman–Crippen MR) is 67.4 cm³/mol. The fourth-order valence-electron chi connectivity index (χ4n) is 1.45. The molecule has 1 heterocycles. The lowest BCUT2D eigenvalue weighted by atomic mass is 10.2. The second-order valence-corrected chi connectivity index (χ2v) is 3.91. The molecule has 0 saturated carbocycles. The third kappa shape index (κ3) is 2.64. The van der Waals surface area contributed by atoms with Crippen molar-refractivity contribution in [1.82, 2.24) is 4.98 Å². The maximum Gasteiger partial charge on any atom is 0.339 e. The molecule has 0 aliphatic heterocycles. The number of aromatic nitrogens is 1. The molecule has 0 aliphatic carbocycles. The van der Waals surface area contributed by atoms with Crippen LogP contribution in [0.4, 0.5) is 0 Å². The first-order valence-electron chi connectivity index (χ1n) is 5.17. The minimum absolute atomic E-state index is 0.0427. The maximum absolute atomic E-state index is 11.0. The van der Waals surface area contributed by atoms with Gasteiger partial charge in [0.1, 0.15) is 22.9 Å². The van der Waals surface area contributed by atoms with Crippen LogP contribution in [0.2, 0.25) is 5.02 Å². The Labute approximate surface area is 113 Å². The Morgan fingerprint density at radius 1 is 1.37 bits per heavy atom. The molecular formula is C13H7ClN2O3. The van der Waals surface area contributed by atoms with Crippen molar-refractivity contribution in [2.24, 2.45) is 0 Å². The number of halogens is 1. The number of carbonyl (C=O) groups is 1. The molecule has 2 rings (SSSR count). The summed E-state index contributed by atoms with van der Waals surface area (Å²) < 4.78 is 5.42. The van der Waals surface area contributed by atoms with Crippen LogP contribution in [0.3, 0.4) is 0 Å². The van der Waals surface area contributed by atoms with Crippen LogP contribution in [0.1, 0.15) is 15.9 Å². The molecule has 0 fully saturated rings. The number of carboxylic acid groups (broad SMARTS) is 1. The van der Waals surface area contributed by atoms with Gasteiger partial charge in [-0.15, -0.1) is 0 Å². The average Bonchev–Trinajstić information content (AvgIpc) is 2.39. The molecule has 0 saturated heterocycles. The summed E-state index contributed by atoms with van der Waals surface area (Å²) in [6.45, 7) is 0. The number of carboxylic acids is 1. The molecule has 1 aromatic carbocycles. The molecule has 0 radical (unpaired) electrons. The van der Waals surface area contributed by atoms with Crippen LogP contribution in [0.5, 0.6) is 11.5 Å². The van der Waals surface area contributed by atoms with Gasteiger partial charge in [0, 0.05) is 6.20 Å². The van der Waals surface area contributed by atoms with Gasteiger partial charge in [-0.1, -0.05) is 17.7 Å². The zero-order valence-electron chi connectivity index (χ0n) is 9.50. The summed E-state index contributed by atoms with van der Waals surface area (Å²) in [7, 11) is 0. The van der Waals surface area contributed by atoms with Crippen molar-refractivity contribution < 1.29 is 14.6 Å². The van der Waals surface area contributed by atoms with Crippen LogP contribution in [0, 0.1) is 11.3 Å². The first-order chi connectivity index (χ1) is 9.13. The Balaban J connectivity index is 2.46. The van der Waals surface area contributed by atoms with Gasteiger partial charge in [-0.25, -0.2) is 4.79 Å². The minimum atomic E-state index is -1.14. The van der Waals surface area contributed by atoms with Crippen molar-refractivity contribution in [2.75, 3.05) is 0 Å². The SMILES string of the molecule is N#Cc1c(Cl)cccc1Oc1cnccc1C(=O)O. The van der Waals surface area contributed by atoms with Crippen molar-refractivity contribution in [3.63, 3.8) is 0 Å². The summed E-state index contributed by atoms with van der Waals surface area (Å²) in [4.78, 5) is 14.8. The van der Waals surface area contributed by atoms with E-state index in [1.54, 1.807) is 12.1 Å². The summed E-state index contributed by atoms with van der Waals surface area (Å²) in [5.41, 5.74) is 0.100. The highest BCUT2D eigenvalue weighted by atomic mass is 35.5. The molecule has 0 spiro atoms. The molecule has 0 aliphatic rings. The van der Waals surface area contributed by atoms with Gasteiger partial charge in [-0.2, -0.15) is 5.26 Å². The number of aromatic carboxylic acids is 1. The number of pyridine rings is 1. The molecule has 1 aromatic heterocycles. The molecule has 0 bridgehead atoms. The van der Waals surface area contributed by atoms with Crippen molar-refractivity contribution in [3.05, 3.63) is 52.8 Å². The van der Waals surface area contributed by atoms with Crippen molar-refractivity contribution in [2.45, 2.75) is 0 Å². The van der Waals surface area contributed by atoms with E-state index in [1.165, 1.54) is 24.5 Å².